The summed E-state index contributed by atoms with van der Waals surface area (Å²) >= 11 is 5.43. The third kappa shape index (κ3) is 1.96. The Hall–Kier alpha value is -2.14. The van der Waals surface area contributed by atoms with Crippen molar-refractivity contribution in [1.82, 2.24) is 4.98 Å². The van der Waals surface area contributed by atoms with Crippen LogP contribution in [0.25, 0.3) is 0 Å². The first kappa shape index (κ1) is 12.6. The van der Waals surface area contributed by atoms with Crippen LogP contribution in [0.3, 0.4) is 0 Å². The normalized spacial score (nSPS) is 22.0. The van der Waals surface area contributed by atoms with Gasteiger partial charge in [-0.15, -0.1) is 0 Å². The van der Waals surface area contributed by atoms with Crippen molar-refractivity contribution in [2.75, 3.05) is 16.0 Å². The first-order valence-electron chi connectivity index (χ1n) is 7.18. The second-order valence-corrected chi connectivity index (χ2v) is 5.88. The summed E-state index contributed by atoms with van der Waals surface area (Å²) in [5.74, 6) is 0.333. The number of hydrogen-bond donors (Lipinski definition) is 3. The van der Waals surface area contributed by atoms with Crippen LogP contribution in [0.15, 0.2) is 36.7 Å². The number of fused-ring (bicyclic) bond motifs is 2. The molecule has 1 aromatic heterocycles. The zero-order valence-electron chi connectivity index (χ0n) is 11.7. The molecule has 2 aromatic rings. The molecular weight excluding hydrogens is 280 g/mol. The molecule has 5 heteroatoms. The summed E-state index contributed by atoms with van der Waals surface area (Å²) in [5.41, 5.74) is 5.79. The van der Waals surface area contributed by atoms with Crippen molar-refractivity contribution < 1.29 is 0 Å². The van der Waals surface area contributed by atoms with Crippen LogP contribution in [0.5, 0.6) is 0 Å². The maximum Gasteiger partial charge on any atom is 0.125 e. The molecule has 3 heterocycles. The molecule has 3 N–H and O–H groups in total. The maximum atomic E-state index is 5.43. The fourth-order valence-corrected chi connectivity index (χ4v) is 3.48. The maximum absolute atomic E-state index is 5.43. The number of hydrogen-bond acceptors (Lipinski definition) is 4. The molecule has 0 fully saturated rings. The van der Waals surface area contributed by atoms with E-state index in [9.17, 15) is 0 Å². The zero-order valence-corrected chi connectivity index (χ0v) is 12.5. The third-order valence-electron chi connectivity index (χ3n) is 4.17. The lowest BCUT2D eigenvalue weighted by Crippen LogP contribution is -2.12. The molecule has 4 rings (SSSR count). The predicted octanol–water partition coefficient (Wildman–Crippen LogP) is 3.86. The Labute approximate surface area is 129 Å². The van der Waals surface area contributed by atoms with Crippen LogP contribution in [-0.4, -0.2) is 9.97 Å². The largest absolute Gasteiger partial charge is 0.360 e. The quantitative estimate of drug-likeness (QED) is 0.735. The molecule has 21 heavy (non-hydrogen) atoms. The molecule has 0 saturated carbocycles. The Balaban J connectivity index is 1.68. The monoisotopic (exact) mass is 296 g/mol. The van der Waals surface area contributed by atoms with Crippen LogP contribution >= 0.6 is 12.2 Å². The minimum atomic E-state index is 0.0725. The topological polar surface area (TPSA) is 49.0 Å². The molecule has 4 nitrogen and oxygen atoms in total. The number of thiocarbonyl (C=S) groups is 1. The van der Waals surface area contributed by atoms with Crippen molar-refractivity contribution >= 4 is 34.3 Å². The molecule has 2 aliphatic heterocycles. The Kier molecular flexibility index (Phi) is 2.82. The molecule has 0 radical (unpaired) electrons. The molecule has 0 saturated heterocycles. The molecule has 0 amide bonds. The van der Waals surface area contributed by atoms with E-state index in [4.69, 9.17) is 12.2 Å². The predicted molar refractivity (Wildman–Crippen MR) is 89.9 cm³/mol. The molecular formula is C16H16N4S. The number of nitrogens with one attached hydrogen (secondary N) is 3. The van der Waals surface area contributed by atoms with Crippen LogP contribution in [0.1, 0.15) is 36.6 Å². The fourth-order valence-electron chi connectivity index (χ4n) is 3.08. The smallest absolute Gasteiger partial charge is 0.125 e. The zero-order chi connectivity index (χ0) is 14.4. The third-order valence-corrected chi connectivity index (χ3v) is 4.55. The molecule has 106 valence electrons. The summed E-state index contributed by atoms with van der Waals surface area (Å²) in [4.78, 5) is 5.11. The lowest BCUT2D eigenvalue weighted by Gasteiger charge is -2.11. The van der Waals surface area contributed by atoms with Crippen molar-refractivity contribution in [1.29, 1.82) is 0 Å². The van der Waals surface area contributed by atoms with E-state index in [1.807, 2.05) is 12.3 Å². The second kappa shape index (κ2) is 4.70. The van der Waals surface area contributed by atoms with Gasteiger partial charge in [0.05, 0.1) is 16.4 Å². The number of pyridine rings is 1. The highest BCUT2D eigenvalue weighted by Gasteiger charge is 2.30. The van der Waals surface area contributed by atoms with E-state index < -0.39 is 0 Å². The summed E-state index contributed by atoms with van der Waals surface area (Å²) in [6, 6.07) is 8.39. The molecule has 2 atom stereocenters. The lowest BCUT2D eigenvalue weighted by molar-refractivity contribution is 0.871. The van der Waals surface area contributed by atoms with Crippen LogP contribution in [0.4, 0.5) is 17.1 Å². The summed E-state index contributed by atoms with van der Waals surface area (Å²) < 4.78 is 0. The minimum Gasteiger partial charge on any atom is -0.360 e. The van der Waals surface area contributed by atoms with Gasteiger partial charge in [0.2, 0.25) is 0 Å². The van der Waals surface area contributed by atoms with Gasteiger partial charge in [-0.3, -0.25) is 4.98 Å². The van der Waals surface area contributed by atoms with Gasteiger partial charge in [-0.25, -0.2) is 0 Å². The second-order valence-electron chi connectivity index (χ2n) is 5.44. The van der Waals surface area contributed by atoms with Crippen molar-refractivity contribution in [3.05, 3.63) is 47.8 Å². The number of nitrogens with zero attached hydrogens (tertiary/aromatic N) is 1. The molecule has 0 spiro atoms. The van der Waals surface area contributed by atoms with Crippen LogP contribution in [0.2, 0.25) is 0 Å². The van der Waals surface area contributed by atoms with Gasteiger partial charge in [0.25, 0.3) is 0 Å². The van der Waals surface area contributed by atoms with Gasteiger partial charge >= 0.3 is 0 Å². The van der Waals surface area contributed by atoms with Crippen molar-refractivity contribution in [3.63, 3.8) is 0 Å². The van der Waals surface area contributed by atoms with E-state index in [-0.39, 0.29) is 6.17 Å². The van der Waals surface area contributed by atoms with Crippen molar-refractivity contribution in [2.24, 2.45) is 0 Å². The van der Waals surface area contributed by atoms with Gasteiger partial charge in [0.1, 0.15) is 6.17 Å². The molecule has 2 aliphatic rings. The SMILES string of the molecule is CCC1C(=S)Nc2cc3c(cc21)NC(c1cccnc1)N3. The highest BCUT2D eigenvalue weighted by Crippen LogP contribution is 2.44. The Morgan fingerprint density at radius 1 is 1.19 bits per heavy atom. The average Bonchev–Trinajstić information content (AvgIpc) is 3.04. The van der Waals surface area contributed by atoms with Gasteiger partial charge < -0.3 is 16.0 Å². The first-order chi connectivity index (χ1) is 10.3. The minimum absolute atomic E-state index is 0.0725. The molecule has 0 bridgehead atoms. The van der Waals surface area contributed by atoms with E-state index >= 15 is 0 Å². The highest BCUT2D eigenvalue weighted by molar-refractivity contribution is 7.80. The van der Waals surface area contributed by atoms with E-state index in [0.717, 1.165) is 34.0 Å². The van der Waals surface area contributed by atoms with E-state index in [1.54, 1.807) is 6.20 Å². The van der Waals surface area contributed by atoms with Crippen LogP contribution < -0.4 is 16.0 Å². The highest BCUT2D eigenvalue weighted by atomic mass is 32.1. The molecule has 2 unspecified atom stereocenters. The average molecular weight is 296 g/mol. The summed E-state index contributed by atoms with van der Waals surface area (Å²) in [6.45, 7) is 2.17. The number of anilines is 3. The molecule has 1 aromatic carbocycles. The van der Waals surface area contributed by atoms with Crippen LogP contribution in [-0.2, 0) is 0 Å². The van der Waals surface area contributed by atoms with Crippen molar-refractivity contribution in [2.45, 2.75) is 25.4 Å². The Morgan fingerprint density at radius 2 is 2.00 bits per heavy atom. The standard InChI is InChI=1S/C16H16N4S/c1-2-10-11-6-13-14(7-12(11)20-16(10)21)19-15(18-13)9-4-3-5-17-8-9/h3-8,10,15,18-19H,2H2,1H3,(H,20,21). The summed E-state index contributed by atoms with van der Waals surface area (Å²) in [6.07, 6.45) is 4.77. The van der Waals surface area contributed by atoms with Gasteiger partial charge in [-0.05, 0) is 30.2 Å². The number of benzene rings is 1. The first-order valence-corrected chi connectivity index (χ1v) is 7.59. The van der Waals surface area contributed by atoms with E-state index in [1.165, 1.54) is 5.56 Å². The Morgan fingerprint density at radius 3 is 2.71 bits per heavy atom. The van der Waals surface area contributed by atoms with Gasteiger partial charge in [0, 0.05) is 29.6 Å². The van der Waals surface area contributed by atoms with E-state index in [0.29, 0.717) is 5.92 Å². The summed E-state index contributed by atoms with van der Waals surface area (Å²) in [7, 11) is 0. The van der Waals surface area contributed by atoms with Gasteiger partial charge in [-0.2, -0.15) is 0 Å². The lowest BCUT2D eigenvalue weighted by atomic mass is 9.98. The summed E-state index contributed by atoms with van der Waals surface area (Å²) in [5, 5.41) is 10.3. The Bertz CT molecular complexity index is 714. The van der Waals surface area contributed by atoms with Gasteiger partial charge in [-0.1, -0.05) is 25.2 Å². The fraction of sp³-hybridized carbons (Fsp3) is 0.250. The van der Waals surface area contributed by atoms with E-state index in [2.05, 4.69) is 46.1 Å². The number of rotatable bonds is 2. The van der Waals surface area contributed by atoms with Crippen LogP contribution in [0, 0.1) is 0 Å². The number of aromatic nitrogens is 1. The molecule has 0 aliphatic carbocycles. The van der Waals surface area contributed by atoms with Crippen molar-refractivity contribution in [3.8, 4) is 0 Å². The van der Waals surface area contributed by atoms with Gasteiger partial charge in [0.15, 0.2) is 0 Å².